The van der Waals surface area contributed by atoms with Crippen LogP contribution in [0, 0.1) is 0 Å². The number of hydrogen-bond donors (Lipinski definition) is 4. The molecule has 0 spiro atoms. The maximum atomic E-state index is 7.33. The first-order valence-electron chi connectivity index (χ1n) is 0.894. The molecule has 0 aliphatic rings. The molecule has 0 saturated heterocycles. The minimum Gasteiger partial charge on any atom is -1.00 e. The Balaban J connectivity index is -0.0000000133. The summed E-state index contributed by atoms with van der Waals surface area (Å²) in [5.74, 6) is 0. The van der Waals surface area contributed by atoms with Crippen molar-refractivity contribution in [1.29, 1.82) is 0 Å². The van der Waals surface area contributed by atoms with Gasteiger partial charge in [0.25, 0.3) is 0 Å². The van der Waals surface area contributed by atoms with Crippen molar-refractivity contribution in [1.82, 2.24) is 0 Å². The van der Waals surface area contributed by atoms with Crippen LogP contribution in [0.2, 0.25) is 0 Å². The Hall–Kier alpha value is 1.81. The van der Waals surface area contributed by atoms with Gasteiger partial charge in [0, 0.05) is 19.5 Å². The molecule has 0 atom stereocenters. The van der Waals surface area contributed by atoms with E-state index < -0.39 is 9.05 Å². The van der Waals surface area contributed by atoms with Crippen LogP contribution in [0.4, 0.5) is 0 Å². The van der Waals surface area contributed by atoms with Gasteiger partial charge < -0.3 is 20.6 Å². The van der Waals surface area contributed by atoms with Gasteiger partial charge in [-0.05, 0) is 0 Å². The Morgan fingerprint density at radius 2 is 1.00 bits per heavy atom. The zero-order chi connectivity index (χ0) is 4.50. The molecule has 42 valence electrons. The van der Waals surface area contributed by atoms with E-state index in [1.807, 2.05) is 0 Å². The molecule has 0 aromatic carbocycles. The van der Waals surface area contributed by atoms with E-state index in [1.54, 1.807) is 0 Å². The van der Waals surface area contributed by atoms with E-state index in [0.29, 0.717) is 0 Å². The molecule has 4 N–H and O–H groups in total. The molecule has 0 radical (unpaired) electrons. The second kappa shape index (κ2) is 8.81. The topological polar surface area (TPSA) is 80.9 Å². The molecule has 8 heavy (non-hydrogen) atoms. The van der Waals surface area contributed by atoms with E-state index >= 15 is 0 Å². The van der Waals surface area contributed by atoms with Gasteiger partial charge in [-0.15, -0.1) is 0 Å². The summed E-state index contributed by atoms with van der Waals surface area (Å²) in [6.07, 6.45) is 0. The maximum Gasteiger partial charge on any atom is 1.00 e. The largest absolute Gasteiger partial charge is 1.00 e. The number of hydrogen-bond acceptors (Lipinski definition) is 4. The van der Waals surface area contributed by atoms with Crippen molar-refractivity contribution in [2.45, 2.75) is 0 Å². The van der Waals surface area contributed by atoms with E-state index in [4.69, 9.17) is 19.2 Å². The summed E-state index contributed by atoms with van der Waals surface area (Å²) < 4.78 is 0. The van der Waals surface area contributed by atoms with Crippen molar-refractivity contribution in [2.75, 3.05) is 0 Å². The second-order valence-corrected chi connectivity index (χ2v) is 1.80. The molecule has 0 aromatic rings. The van der Waals surface area contributed by atoms with Crippen molar-refractivity contribution >= 4 is 26.4 Å². The molecular weight excluding hydrogens is 191 g/mol. The van der Waals surface area contributed by atoms with Crippen LogP contribution >= 0.6 is 0 Å². The molecule has 0 fully saturated rings. The van der Waals surface area contributed by atoms with E-state index in [-0.39, 0.29) is 57.1 Å². The zero-order valence-corrected chi connectivity index (χ0v) is 7.96. The van der Waals surface area contributed by atoms with Gasteiger partial charge in [0.1, 0.15) is 0 Å². The molecule has 0 aliphatic carbocycles. The molecule has 0 rings (SSSR count). The summed E-state index contributed by atoms with van der Waals surface area (Å²) in [6.45, 7) is 0. The van der Waals surface area contributed by atoms with Crippen molar-refractivity contribution in [3.05, 3.63) is 0 Å². The number of rotatable bonds is 0. The standard InChI is InChI=1S/Al.Li.H4O4Si.Zn.4H/c;;1-5(2,3)4;;;;;/h;;1-4H;;;;;/q;+1;;;;;;-1. The van der Waals surface area contributed by atoms with Crippen molar-refractivity contribution < 1.29 is 58.9 Å². The minimum absolute atomic E-state index is 0. The summed E-state index contributed by atoms with van der Waals surface area (Å²) in [4.78, 5) is 29.3. The van der Waals surface area contributed by atoms with Gasteiger partial charge in [0.15, 0.2) is 17.4 Å². The fourth-order valence-electron chi connectivity index (χ4n) is 0. The van der Waals surface area contributed by atoms with Crippen LogP contribution in [0.5, 0.6) is 0 Å². The van der Waals surface area contributed by atoms with Crippen LogP contribution in [0.1, 0.15) is 1.43 Å². The summed E-state index contributed by atoms with van der Waals surface area (Å²) >= 11 is 0. The zero-order valence-electron chi connectivity index (χ0n) is 5.00. The Morgan fingerprint density at radius 1 is 1.00 bits per heavy atom. The van der Waals surface area contributed by atoms with Crippen molar-refractivity contribution in [3.8, 4) is 0 Å². The molecule has 0 unspecified atom stereocenters. The first-order chi connectivity index (χ1) is 2.00. The van der Waals surface area contributed by atoms with E-state index in [1.165, 1.54) is 0 Å². The normalized spacial score (nSPS) is 7.50. The van der Waals surface area contributed by atoms with E-state index in [2.05, 4.69) is 0 Å². The molecule has 4 nitrogen and oxygen atoms in total. The quantitative estimate of drug-likeness (QED) is 0.293. The smallest absolute Gasteiger partial charge is 1.00 e. The third-order valence-corrected chi connectivity index (χ3v) is 0. The van der Waals surface area contributed by atoms with Crippen LogP contribution < -0.4 is 18.9 Å². The van der Waals surface area contributed by atoms with Gasteiger partial charge >= 0.3 is 27.9 Å². The third kappa shape index (κ3) is 111. The molecule has 0 bridgehead atoms. The predicted molar refractivity (Wildman–Crippen MR) is 25.7 cm³/mol. The summed E-state index contributed by atoms with van der Waals surface area (Å²) in [5, 5.41) is 0. The summed E-state index contributed by atoms with van der Waals surface area (Å²) in [7, 11) is -4.61. The SMILES string of the molecule is O[Si](O)(O)O.[AlH3].[H-].[Li+].[Zn]. The fraction of sp³-hybridized carbons (Fsp3) is 0. The molecule has 8 heteroatoms. The maximum absolute atomic E-state index is 7.33. The van der Waals surface area contributed by atoms with Crippen molar-refractivity contribution in [3.63, 3.8) is 0 Å². The molecule has 0 amide bonds. The Labute approximate surface area is 85.0 Å². The van der Waals surface area contributed by atoms with Gasteiger partial charge in [0.2, 0.25) is 0 Å². The van der Waals surface area contributed by atoms with E-state index in [9.17, 15) is 0 Å². The molecule has 0 saturated carbocycles. The Kier molecular flexibility index (Phi) is 24.8. The van der Waals surface area contributed by atoms with Gasteiger partial charge in [-0.3, -0.25) is 0 Å². The predicted octanol–water partition coefficient (Wildman–Crippen LogP) is -6.68. The first kappa shape index (κ1) is 22.6. The van der Waals surface area contributed by atoms with Crippen LogP contribution in [-0.4, -0.2) is 45.6 Å². The molecule has 0 heterocycles. The van der Waals surface area contributed by atoms with Crippen molar-refractivity contribution in [2.24, 2.45) is 0 Å². The van der Waals surface area contributed by atoms with Crippen LogP contribution in [-0.2, 0) is 19.5 Å². The van der Waals surface area contributed by atoms with Gasteiger partial charge in [0.05, 0.1) is 0 Å². The van der Waals surface area contributed by atoms with Crippen LogP contribution in [0.3, 0.4) is 0 Å². The van der Waals surface area contributed by atoms with Crippen LogP contribution in [0.25, 0.3) is 0 Å². The average molecular weight is 199 g/mol. The molecular formula is H8AlLiO4SiZn. The van der Waals surface area contributed by atoms with Gasteiger partial charge in [-0.2, -0.15) is 0 Å². The summed E-state index contributed by atoms with van der Waals surface area (Å²) in [5.41, 5.74) is 0. The Morgan fingerprint density at radius 3 is 1.00 bits per heavy atom. The fourth-order valence-corrected chi connectivity index (χ4v) is 0. The molecule has 0 aromatic heterocycles. The van der Waals surface area contributed by atoms with Gasteiger partial charge in [-0.25, -0.2) is 0 Å². The minimum atomic E-state index is -4.61. The monoisotopic (exact) mass is 198 g/mol. The van der Waals surface area contributed by atoms with Gasteiger partial charge in [-0.1, -0.05) is 0 Å². The molecule has 0 aliphatic heterocycles. The third-order valence-electron chi connectivity index (χ3n) is 0. The average Bonchev–Trinajstić information content (AvgIpc) is 0.722. The Bertz CT molecular complexity index is 36.0. The van der Waals surface area contributed by atoms with E-state index in [0.717, 1.165) is 0 Å². The summed E-state index contributed by atoms with van der Waals surface area (Å²) in [6, 6.07) is 0. The second-order valence-electron chi connectivity index (χ2n) is 0.600. The first-order valence-corrected chi connectivity index (χ1v) is 2.68. The van der Waals surface area contributed by atoms with Crippen LogP contribution in [0.15, 0.2) is 0 Å².